The summed E-state index contributed by atoms with van der Waals surface area (Å²) in [6.45, 7) is 5.74. The molecule has 1 aliphatic rings. The maximum Gasteiger partial charge on any atom is 0.221 e. The van der Waals surface area contributed by atoms with E-state index in [1.54, 1.807) is 14.1 Å². The van der Waals surface area contributed by atoms with Crippen molar-refractivity contribution in [3.63, 3.8) is 0 Å². The minimum Gasteiger partial charge on any atom is -0.359 e. The summed E-state index contributed by atoms with van der Waals surface area (Å²) in [5.74, 6) is 0.201. The van der Waals surface area contributed by atoms with Crippen LogP contribution in [0.2, 0.25) is 0 Å². The second-order valence-electron chi connectivity index (χ2n) is 5.24. The number of hydrogen-bond donors (Lipinski definition) is 2. The number of nitrogens with zero attached hydrogens (tertiary/aromatic N) is 2. The molecule has 116 valence electrons. The number of carbonyl (C=O) groups excluding carboxylic acids is 2. The van der Waals surface area contributed by atoms with Crippen LogP contribution in [0.3, 0.4) is 0 Å². The molecule has 1 fully saturated rings. The van der Waals surface area contributed by atoms with E-state index in [2.05, 4.69) is 20.4 Å². The average Bonchev–Trinajstić information content (AvgIpc) is 2.45. The van der Waals surface area contributed by atoms with Crippen LogP contribution in [0.15, 0.2) is 0 Å². The molecule has 0 saturated carbocycles. The molecule has 1 heterocycles. The van der Waals surface area contributed by atoms with Gasteiger partial charge in [-0.2, -0.15) is 0 Å². The number of hydrogen-bond acceptors (Lipinski definition) is 4. The zero-order chi connectivity index (χ0) is 14.8. The lowest BCUT2D eigenvalue weighted by molar-refractivity contribution is -0.122. The van der Waals surface area contributed by atoms with Crippen molar-refractivity contribution in [1.82, 2.24) is 20.4 Å². The van der Waals surface area contributed by atoms with Gasteiger partial charge in [0.1, 0.15) is 0 Å². The van der Waals surface area contributed by atoms with Crippen LogP contribution in [0.4, 0.5) is 0 Å². The van der Waals surface area contributed by atoms with Crippen molar-refractivity contribution in [2.45, 2.75) is 25.7 Å². The standard InChI is InChI=1S/C14H28N4O2/c1-15-13(19)5-9-17-7-3-4-8-18(12-11-17)10-6-14(20)16-2/h3-12H2,1-2H3,(H,15,19)(H,16,20). The molecule has 0 bridgehead atoms. The van der Waals surface area contributed by atoms with Gasteiger partial charge in [0.2, 0.25) is 11.8 Å². The molecule has 6 heteroatoms. The molecule has 2 amide bonds. The van der Waals surface area contributed by atoms with Gasteiger partial charge >= 0.3 is 0 Å². The molecule has 20 heavy (non-hydrogen) atoms. The quantitative estimate of drug-likeness (QED) is 0.700. The summed E-state index contributed by atoms with van der Waals surface area (Å²) in [7, 11) is 3.35. The van der Waals surface area contributed by atoms with Crippen LogP contribution in [0.1, 0.15) is 25.7 Å². The van der Waals surface area contributed by atoms with Crippen molar-refractivity contribution in [3.05, 3.63) is 0 Å². The van der Waals surface area contributed by atoms with Gasteiger partial charge in [-0.15, -0.1) is 0 Å². The summed E-state index contributed by atoms with van der Waals surface area (Å²) in [5.41, 5.74) is 0. The summed E-state index contributed by atoms with van der Waals surface area (Å²) >= 11 is 0. The van der Waals surface area contributed by atoms with Gasteiger partial charge < -0.3 is 20.4 Å². The van der Waals surface area contributed by atoms with Gasteiger partial charge in [-0.25, -0.2) is 0 Å². The first kappa shape index (κ1) is 16.9. The highest BCUT2D eigenvalue weighted by Crippen LogP contribution is 2.05. The van der Waals surface area contributed by atoms with E-state index in [-0.39, 0.29) is 11.8 Å². The predicted octanol–water partition coefficient (Wildman–Crippen LogP) is -0.344. The molecule has 0 atom stereocenters. The second kappa shape index (κ2) is 9.72. The first-order valence-corrected chi connectivity index (χ1v) is 7.51. The Balaban J connectivity index is 2.29. The Bertz CT molecular complexity index is 280. The van der Waals surface area contributed by atoms with Crippen molar-refractivity contribution < 1.29 is 9.59 Å². The molecule has 1 aliphatic heterocycles. The van der Waals surface area contributed by atoms with Crippen molar-refractivity contribution >= 4 is 11.8 Å². The predicted molar refractivity (Wildman–Crippen MR) is 79.5 cm³/mol. The molecular formula is C14H28N4O2. The highest BCUT2D eigenvalue weighted by Gasteiger charge is 2.14. The molecule has 0 aromatic heterocycles. The molecule has 0 radical (unpaired) electrons. The Kier molecular flexibility index (Phi) is 8.22. The Labute approximate surface area is 121 Å². The third kappa shape index (κ3) is 6.86. The van der Waals surface area contributed by atoms with Gasteiger partial charge in [-0.1, -0.05) is 0 Å². The topological polar surface area (TPSA) is 64.7 Å². The van der Waals surface area contributed by atoms with E-state index >= 15 is 0 Å². The lowest BCUT2D eigenvalue weighted by Crippen LogP contribution is -2.41. The molecule has 2 N–H and O–H groups in total. The van der Waals surface area contributed by atoms with Gasteiger partial charge in [0.15, 0.2) is 0 Å². The van der Waals surface area contributed by atoms with Crippen LogP contribution in [-0.2, 0) is 9.59 Å². The maximum absolute atomic E-state index is 11.3. The molecule has 1 saturated heterocycles. The van der Waals surface area contributed by atoms with E-state index in [9.17, 15) is 9.59 Å². The SMILES string of the molecule is CNC(=O)CCN1CCCCN(CCC(=O)NC)CC1. The second-order valence-corrected chi connectivity index (χ2v) is 5.24. The number of rotatable bonds is 6. The van der Waals surface area contributed by atoms with Crippen LogP contribution in [-0.4, -0.2) is 75.0 Å². The highest BCUT2D eigenvalue weighted by atomic mass is 16.2. The summed E-state index contributed by atoms with van der Waals surface area (Å²) in [6, 6.07) is 0. The molecule has 0 aromatic rings. The van der Waals surface area contributed by atoms with E-state index in [1.165, 1.54) is 0 Å². The minimum atomic E-state index is 0.100. The highest BCUT2D eigenvalue weighted by molar-refractivity contribution is 5.76. The molecule has 0 aromatic carbocycles. The molecule has 1 rings (SSSR count). The third-order valence-corrected chi connectivity index (χ3v) is 3.80. The van der Waals surface area contributed by atoms with Gasteiger partial charge in [-0.3, -0.25) is 9.59 Å². The minimum absolute atomic E-state index is 0.100. The van der Waals surface area contributed by atoms with Crippen LogP contribution in [0.5, 0.6) is 0 Å². The summed E-state index contributed by atoms with van der Waals surface area (Å²) < 4.78 is 0. The van der Waals surface area contributed by atoms with Crippen molar-refractivity contribution in [3.8, 4) is 0 Å². The Morgan fingerprint density at radius 3 is 1.55 bits per heavy atom. The Morgan fingerprint density at radius 2 is 1.20 bits per heavy atom. The lowest BCUT2D eigenvalue weighted by atomic mass is 10.2. The van der Waals surface area contributed by atoms with E-state index in [1.807, 2.05) is 0 Å². The monoisotopic (exact) mass is 284 g/mol. The fourth-order valence-corrected chi connectivity index (χ4v) is 2.39. The van der Waals surface area contributed by atoms with Crippen molar-refractivity contribution in [1.29, 1.82) is 0 Å². The third-order valence-electron chi connectivity index (χ3n) is 3.80. The first-order chi connectivity index (χ1) is 9.65. The van der Waals surface area contributed by atoms with E-state index in [4.69, 9.17) is 0 Å². The average molecular weight is 284 g/mol. The fraction of sp³-hybridized carbons (Fsp3) is 0.857. The van der Waals surface area contributed by atoms with E-state index in [0.29, 0.717) is 12.8 Å². The Hall–Kier alpha value is -1.14. The largest absolute Gasteiger partial charge is 0.359 e. The van der Waals surface area contributed by atoms with Gasteiger partial charge in [-0.05, 0) is 25.9 Å². The van der Waals surface area contributed by atoms with Gasteiger partial charge in [0.05, 0.1) is 0 Å². The first-order valence-electron chi connectivity index (χ1n) is 7.51. The normalized spacial score (nSPS) is 18.1. The lowest BCUT2D eigenvalue weighted by Gasteiger charge is -2.30. The van der Waals surface area contributed by atoms with E-state index in [0.717, 1.165) is 52.1 Å². The number of carbonyl (C=O) groups is 2. The van der Waals surface area contributed by atoms with E-state index < -0.39 is 0 Å². The van der Waals surface area contributed by atoms with Crippen LogP contribution < -0.4 is 10.6 Å². The number of nitrogens with one attached hydrogen (secondary N) is 2. The summed E-state index contributed by atoms with van der Waals surface area (Å²) in [4.78, 5) is 27.3. The van der Waals surface area contributed by atoms with Gasteiger partial charge in [0, 0.05) is 53.1 Å². The van der Waals surface area contributed by atoms with Crippen molar-refractivity contribution in [2.75, 3.05) is 53.4 Å². The fourth-order valence-electron chi connectivity index (χ4n) is 2.39. The zero-order valence-electron chi connectivity index (χ0n) is 12.8. The molecule has 0 aliphatic carbocycles. The van der Waals surface area contributed by atoms with Crippen LogP contribution >= 0.6 is 0 Å². The summed E-state index contributed by atoms with van der Waals surface area (Å²) in [6.07, 6.45) is 3.44. The molecule has 0 spiro atoms. The van der Waals surface area contributed by atoms with Gasteiger partial charge in [0.25, 0.3) is 0 Å². The number of amides is 2. The summed E-state index contributed by atoms with van der Waals surface area (Å²) in [5, 5.41) is 5.32. The molecule has 6 nitrogen and oxygen atoms in total. The van der Waals surface area contributed by atoms with Crippen molar-refractivity contribution in [2.24, 2.45) is 0 Å². The molecule has 0 unspecified atom stereocenters. The maximum atomic E-state index is 11.3. The molecular weight excluding hydrogens is 256 g/mol. The smallest absolute Gasteiger partial charge is 0.221 e. The van der Waals surface area contributed by atoms with Crippen LogP contribution in [0.25, 0.3) is 0 Å². The van der Waals surface area contributed by atoms with Crippen LogP contribution in [0, 0.1) is 0 Å². The zero-order valence-corrected chi connectivity index (χ0v) is 12.8. The Morgan fingerprint density at radius 1 is 0.800 bits per heavy atom.